The largest absolute Gasteiger partial charge is 0.465 e. The number of carbonyl (C=O) groups is 2. The molecule has 1 atom stereocenters. The summed E-state index contributed by atoms with van der Waals surface area (Å²) >= 11 is 0. The monoisotopic (exact) mass is 304 g/mol. The summed E-state index contributed by atoms with van der Waals surface area (Å²) in [5.74, 6) is -0.0494. The lowest BCUT2D eigenvalue weighted by atomic mass is 9.79. The van der Waals surface area contributed by atoms with E-state index in [0.717, 1.165) is 56.1 Å². The first-order valence-corrected chi connectivity index (χ1v) is 8.03. The van der Waals surface area contributed by atoms with Crippen molar-refractivity contribution < 1.29 is 19.4 Å². The van der Waals surface area contributed by atoms with Crippen LogP contribution in [-0.4, -0.2) is 30.6 Å². The van der Waals surface area contributed by atoms with Crippen LogP contribution in [0.25, 0.3) is 0 Å². The second kappa shape index (κ2) is 8.08. The van der Waals surface area contributed by atoms with Gasteiger partial charge >= 0.3 is 5.97 Å². The third-order valence-electron chi connectivity index (χ3n) is 4.39. The number of fused-ring (bicyclic) bond motifs is 1. The maximum absolute atomic E-state index is 12.5. The molecule has 0 spiro atoms. The minimum atomic E-state index is -0.360. The Bertz CT molecular complexity index is 536. The van der Waals surface area contributed by atoms with Gasteiger partial charge in [-0.05, 0) is 43.4 Å². The minimum Gasteiger partial charge on any atom is -0.465 e. The topological polar surface area (TPSA) is 63.6 Å². The molecule has 0 saturated carbocycles. The van der Waals surface area contributed by atoms with Gasteiger partial charge in [0.05, 0.1) is 12.7 Å². The van der Waals surface area contributed by atoms with Crippen molar-refractivity contribution >= 4 is 11.8 Å². The molecule has 0 radical (unpaired) electrons. The number of Topliss-reactive ketones (excluding diaryl/α,β-unsaturated/α-hetero) is 1. The number of methoxy groups -OCH3 is 1. The summed E-state index contributed by atoms with van der Waals surface area (Å²) in [5.41, 5.74) is 2.24. The number of hydrogen-bond acceptors (Lipinski definition) is 4. The molecule has 1 aliphatic carbocycles. The second-order valence-electron chi connectivity index (χ2n) is 5.89. The number of rotatable bonds is 7. The van der Waals surface area contributed by atoms with E-state index in [2.05, 4.69) is 0 Å². The molecule has 4 heteroatoms. The Balaban J connectivity index is 1.97. The maximum Gasteiger partial charge on any atom is 0.337 e. The smallest absolute Gasteiger partial charge is 0.337 e. The van der Waals surface area contributed by atoms with Gasteiger partial charge in [-0.15, -0.1) is 0 Å². The zero-order chi connectivity index (χ0) is 15.9. The number of carbonyl (C=O) groups excluding carboxylic acids is 2. The van der Waals surface area contributed by atoms with Crippen molar-refractivity contribution in [2.45, 2.75) is 44.9 Å². The van der Waals surface area contributed by atoms with Gasteiger partial charge in [-0.1, -0.05) is 25.3 Å². The molecule has 120 valence electrons. The highest BCUT2D eigenvalue weighted by Gasteiger charge is 2.27. The van der Waals surface area contributed by atoms with Crippen LogP contribution in [0.2, 0.25) is 0 Å². The van der Waals surface area contributed by atoms with Gasteiger partial charge in [0.25, 0.3) is 0 Å². The molecule has 22 heavy (non-hydrogen) atoms. The average molecular weight is 304 g/mol. The van der Waals surface area contributed by atoms with Crippen molar-refractivity contribution in [1.82, 2.24) is 0 Å². The molecule has 0 fully saturated rings. The fraction of sp³-hybridized carbons (Fsp3) is 0.556. The van der Waals surface area contributed by atoms with Crippen molar-refractivity contribution in [3.63, 3.8) is 0 Å². The first kappa shape index (κ1) is 16.7. The Hall–Kier alpha value is -1.68. The molecule has 0 aliphatic heterocycles. The lowest BCUT2D eigenvalue weighted by molar-refractivity contribution is 0.0600. The van der Waals surface area contributed by atoms with Crippen molar-refractivity contribution in [1.29, 1.82) is 0 Å². The fourth-order valence-corrected chi connectivity index (χ4v) is 3.10. The van der Waals surface area contributed by atoms with Crippen molar-refractivity contribution in [3.05, 3.63) is 34.9 Å². The zero-order valence-electron chi connectivity index (χ0n) is 13.1. The van der Waals surface area contributed by atoms with E-state index in [1.54, 1.807) is 18.2 Å². The van der Waals surface area contributed by atoms with E-state index in [0.29, 0.717) is 5.56 Å². The number of aliphatic hydroxyl groups is 1. The summed E-state index contributed by atoms with van der Waals surface area (Å²) in [6.07, 6.45) is 6.59. The van der Waals surface area contributed by atoms with Crippen LogP contribution >= 0.6 is 0 Å². The standard InChI is InChI=1S/C18H24O4/c1-22-18(21)15-9-10-16-14(12-15)8-7-13(17(16)20)6-4-2-3-5-11-19/h9-10,12-13,19H,2-8,11H2,1H3. The summed E-state index contributed by atoms with van der Waals surface area (Å²) in [7, 11) is 1.36. The van der Waals surface area contributed by atoms with E-state index >= 15 is 0 Å². The van der Waals surface area contributed by atoms with Crippen LogP contribution in [0.1, 0.15) is 64.8 Å². The number of benzene rings is 1. The van der Waals surface area contributed by atoms with Crippen LogP contribution in [0.5, 0.6) is 0 Å². The molecule has 1 aromatic rings. The van der Waals surface area contributed by atoms with Gasteiger partial charge in [0, 0.05) is 18.1 Å². The minimum absolute atomic E-state index is 0.102. The summed E-state index contributed by atoms with van der Waals surface area (Å²) in [6, 6.07) is 5.23. The Morgan fingerprint density at radius 1 is 1.27 bits per heavy atom. The zero-order valence-corrected chi connectivity index (χ0v) is 13.1. The number of ketones is 1. The van der Waals surface area contributed by atoms with Crippen molar-refractivity contribution in [3.8, 4) is 0 Å². The molecule has 1 aliphatic rings. The van der Waals surface area contributed by atoms with Gasteiger partial charge in [0.15, 0.2) is 5.78 Å². The molecule has 0 amide bonds. The molecular weight excluding hydrogens is 280 g/mol. The van der Waals surface area contributed by atoms with Crippen LogP contribution in [0, 0.1) is 5.92 Å². The average Bonchev–Trinajstić information content (AvgIpc) is 2.55. The predicted octanol–water partition coefficient (Wildman–Crippen LogP) is 3.16. The first-order valence-electron chi connectivity index (χ1n) is 8.03. The molecule has 0 bridgehead atoms. The van der Waals surface area contributed by atoms with Crippen molar-refractivity contribution in [2.75, 3.05) is 13.7 Å². The summed E-state index contributed by atoms with van der Waals surface area (Å²) in [4.78, 5) is 24.1. The normalized spacial score (nSPS) is 17.2. The summed E-state index contributed by atoms with van der Waals surface area (Å²) in [6.45, 7) is 0.248. The van der Waals surface area contributed by atoms with Gasteiger partial charge in [-0.3, -0.25) is 4.79 Å². The highest BCUT2D eigenvalue weighted by Crippen LogP contribution is 2.29. The Kier molecular flexibility index (Phi) is 6.13. The number of hydrogen-bond donors (Lipinski definition) is 1. The maximum atomic E-state index is 12.5. The Morgan fingerprint density at radius 3 is 2.77 bits per heavy atom. The molecular formula is C18H24O4. The van der Waals surface area contributed by atoms with Gasteiger partial charge in [-0.25, -0.2) is 4.79 Å². The first-order chi connectivity index (χ1) is 10.7. The van der Waals surface area contributed by atoms with E-state index in [-0.39, 0.29) is 24.3 Å². The number of esters is 1. The molecule has 1 N–H and O–H groups in total. The van der Waals surface area contributed by atoms with Crippen LogP contribution in [-0.2, 0) is 11.2 Å². The molecule has 1 aromatic carbocycles. The second-order valence-corrected chi connectivity index (χ2v) is 5.89. The predicted molar refractivity (Wildman–Crippen MR) is 84.1 cm³/mol. The number of unbranched alkanes of at least 4 members (excludes halogenated alkanes) is 3. The summed E-state index contributed by atoms with van der Waals surface area (Å²) < 4.78 is 4.72. The molecule has 0 aromatic heterocycles. The van der Waals surface area contributed by atoms with E-state index in [4.69, 9.17) is 9.84 Å². The Morgan fingerprint density at radius 2 is 2.05 bits per heavy atom. The van der Waals surface area contributed by atoms with E-state index in [9.17, 15) is 9.59 Å². The molecule has 2 rings (SSSR count). The fourth-order valence-electron chi connectivity index (χ4n) is 3.10. The van der Waals surface area contributed by atoms with Gasteiger partial charge in [0.1, 0.15) is 0 Å². The number of aliphatic hydroxyl groups excluding tert-OH is 1. The number of aryl methyl sites for hydroxylation is 1. The molecule has 4 nitrogen and oxygen atoms in total. The highest BCUT2D eigenvalue weighted by molar-refractivity contribution is 6.01. The number of ether oxygens (including phenoxy) is 1. The highest BCUT2D eigenvalue weighted by atomic mass is 16.5. The van der Waals surface area contributed by atoms with Gasteiger partial charge in [-0.2, -0.15) is 0 Å². The van der Waals surface area contributed by atoms with Gasteiger partial charge in [0.2, 0.25) is 0 Å². The Labute approximate surface area is 131 Å². The third kappa shape index (κ3) is 3.95. The summed E-state index contributed by atoms with van der Waals surface area (Å²) in [5, 5.41) is 8.76. The lowest BCUT2D eigenvalue weighted by Gasteiger charge is -2.23. The van der Waals surface area contributed by atoms with E-state index in [1.165, 1.54) is 7.11 Å². The van der Waals surface area contributed by atoms with Crippen LogP contribution < -0.4 is 0 Å². The molecule has 0 heterocycles. The SMILES string of the molecule is COC(=O)c1ccc2c(c1)CCC(CCCCCCO)C2=O. The lowest BCUT2D eigenvalue weighted by Crippen LogP contribution is -2.23. The molecule has 1 unspecified atom stereocenters. The van der Waals surface area contributed by atoms with E-state index < -0.39 is 0 Å². The third-order valence-corrected chi connectivity index (χ3v) is 4.39. The van der Waals surface area contributed by atoms with Crippen LogP contribution in [0.4, 0.5) is 0 Å². The van der Waals surface area contributed by atoms with Gasteiger partial charge < -0.3 is 9.84 Å². The quantitative estimate of drug-likeness (QED) is 0.621. The van der Waals surface area contributed by atoms with Crippen LogP contribution in [0.3, 0.4) is 0 Å². The van der Waals surface area contributed by atoms with Crippen LogP contribution in [0.15, 0.2) is 18.2 Å². The van der Waals surface area contributed by atoms with Crippen molar-refractivity contribution in [2.24, 2.45) is 5.92 Å². The molecule has 0 saturated heterocycles. The van der Waals surface area contributed by atoms with E-state index in [1.807, 2.05) is 0 Å².